The molecule has 0 aromatic carbocycles. The van der Waals surface area contributed by atoms with Crippen LogP contribution in [-0.4, -0.2) is 18.1 Å². The molecule has 0 amide bonds. The van der Waals surface area contributed by atoms with Gasteiger partial charge in [0.25, 0.3) is 0 Å². The summed E-state index contributed by atoms with van der Waals surface area (Å²) < 4.78 is 14.3. The van der Waals surface area contributed by atoms with Crippen molar-refractivity contribution in [3.63, 3.8) is 0 Å². The lowest BCUT2D eigenvalue weighted by Gasteiger charge is -2.18. The summed E-state index contributed by atoms with van der Waals surface area (Å²) in [5, 5.41) is 8.02. The van der Waals surface area contributed by atoms with Crippen molar-refractivity contribution >= 4 is 7.60 Å². The molecule has 50 valence electrons. The fourth-order valence-electron chi connectivity index (χ4n) is 0.238. The van der Waals surface area contributed by atoms with Gasteiger partial charge in [-0.25, -0.2) is 0 Å². The van der Waals surface area contributed by atoms with Crippen LogP contribution in [0.5, 0.6) is 0 Å². The van der Waals surface area contributed by atoms with Gasteiger partial charge in [0.05, 0.1) is 6.61 Å². The number of rotatable bonds is 3. The minimum absolute atomic E-state index is 0.0847. The van der Waals surface area contributed by atoms with Gasteiger partial charge < -0.3 is 19.1 Å². The first-order valence-corrected chi connectivity index (χ1v) is 3.90. The van der Waals surface area contributed by atoms with Gasteiger partial charge in [-0.1, -0.05) is 0 Å². The van der Waals surface area contributed by atoms with Gasteiger partial charge in [-0.15, -0.1) is 0 Å². The van der Waals surface area contributed by atoms with Crippen LogP contribution in [0.1, 0.15) is 6.92 Å². The molecule has 0 aromatic heterocycles. The third-order valence-electron chi connectivity index (χ3n) is 0.499. The zero-order valence-corrected chi connectivity index (χ0v) is 5.43. The van der Waals surface area contributed by atoms with Crippen molar-refractivity contribution in [1.29, 1.82) is 0 Å². The topological polar surface area (TPSA) is 69.6 Å². The largest absolute Gasteiger partial charge is 0.777 e. The van der Waals surface area contributed by atoms with Crippen molar-refractivity contribution in [1.82, 2.24) is 0 Å². The molecule has 5 heteroatoms. The molecule has 0 aliphatic rings. The van der Waals surface area contributed by atoms with E-state index in [0.717, 1.165) is 0 Å². The van der Waals surface area contributed by atoms with Crippen LogP contribution >= 0.6 is 7.60 Å². The Labute approximate surface area is 47.6 Å². The SMILES string of the molecule is CCOP(=O)([O-])CO. The van der Waals surface area contributed by atoms with Crippen molar-refractivity contribution < 1.29 is 19.1 Å². The van der Waals surface area contributed by atoms with Crippen molar-refractivity contribution in [3.8, 4) is 0 Å². The van der Waals surface area contributed by atoms with Crippen LogP contribution in [0.25, 0.3) is 0 Å². The van der Waals surface area contributed by atoms with E-state index in [1.54, 1.807) is 6.92 Å². The quantitative estimate of drug-likeness (QED) is 0.536. The smallest absolute Gasteiger partial charge is 0.160 e. The Morgan fingerprint density at radius 3 is 2.50 bits per heavy atom. The lowest BCUT2D eigenvalue weighted by Crippen LogP contribution is -2.07. The molecule has 0 aliphatic heterocycles. The van der Waals surface area contributed by atoms with E-state index in [4.69, 9.17) is 5.11 Å². The minimum atomic E-state index is -3.87. The first-order valence-electron chi connectivity index (χ1n) is 2.18. The van der Waals surface area contributed by atoms with Crippen molar-refractivity contribution in [2.45, 2.75) is 6.92 Å². The van der Waals surface area contributed by atoms with Crippen LogP contribution < -0.4 is 4.89 Å². The lowest BCUT2D eigenvalue weighted by atomic mass is 10.9. The third-order valence-corrected chi connectivity index (χ3v) is 1.50. The molecular formula is C3H8O4P-. The number of aliphatic hydroxyl groups excluding tert-OH is 1. The van der Waals surface area contributed by atoms with E-state index < -0.39 is 13.9 Å². The van der Waals surface area contributed by atoms with E-state index in [0.29, 0.717) is 0 Å². The predicted octanol–water partition coefficient (Wildman–Crippen LogP) is -0.474. The van der Waals surface area contributed by atoms with Crippen LogP contribution in [0.2, 0.25) is 0 Å². The second kappa shape index (κ2) is 3.20. The normalized spacial score (nSPS) is 17.9. The summed E-state index contributed by atoms with van der Waals surface area (Å²) in [7, 11) is -3.87. The Bertz CT molecular complexity index is 101. The van der Waals surface area contributed by atoms with E-state index >= 15 is 0 Å². The van der Waals surface area contributed by atoms with Gasteiger partial charge in [0.15, 0.2) is 7.60 Å². The molecule has 0 saturated heterocycles. The molecule has 0 saturated carbocycles. The second-order valence-corrected chi connectivity index (χ2v) is 2.93. The molecule has 1 unspecified atom stereocenters. The van der Waals surface area contributed by atoms with Gasteiger partial charge in [0.2, 0.25) is 0 Å². The van der Waals surface area contributed by atoms with Crippen LogP contribution in [0, 0.1) is 0 Å². The first-order chi connectivity index (χ1) is 3.62. The maximum Gasteiger partial charge on any atom is 0.160 e. The third kappa shape index (κ3) is 3.16. The minimum Gasteiger partial charge on any atom is -0.777 e. The Morgan fingerprint density at radius 2 is 2.38 bits per heavy atom. The number of aliphatic hydroxyl groups is 1. The molecule has 1 atom stereocenters. The molecule has 0 bridgehead atoms. The van der Waals surface area contributed by atoms with Crippen LogP contribution in [-0.2, 0) is 9.09 Å². The van der Waals surface area contributed by atoms with Gasteiger partial charge in [-0.3, -0.25) is 0 Å². The second-order valence-electron chi connectivity index (χ2n) is 1.17. The molecule has 8 heavy (non-hydrogen) atoms. The first kappa shape index (κ1) is 8.11. The Balaban J connectivity index is 3.55. The monoisotopic (exact) mass is 139 g/mol. The molecule has 0 fully saturated rings. The predicted molar refractivity (Wildman–Crippen MR) is 26.3 cm³/mol. The van der Waals surface area contributed by atoms with Gasteiger partial charge >= 0.3 is 0 Å². The van der Waals surface area contributed by atoms with Crippen molar-refractivity contribution in [2.75, 3.05) is 13.0 Å². The Morgan fingerprint density at radius 1 is 1.88 bits per heavy atom. The molecule has 4 nitrogen and oxygen atoms in total. The summed E-state index contributed by atoms with van der Waals surface area (Å²) in [4.78, 5) is 10.2. The summed E-state index contributed by atoms with van der Waals surface area (Å²) in [6.45, 7) is 1.63. The van der Waals surface area contributed by atoms with Gasteiger partial charge in [0.1, 0.15) is 6.35 Å². The molecular weight excluding hydrogens is 131 g/mol. The summed E-state index contributed by atoms with van der Waals surface area (Å²) in [6, 6.07) is 0. The summed E-state index contributed by atoms with van der Waals surface area (Å²) >= 11 is 0. The zero-order chi connectivity index (χ0) is 6.62. The van der Waals surface area contributed by atoms with Gasteiger partial charge in [0, 0.05) is 0 Å². The van der Waals surface area contributed by atoms with Crippen molar-refractivity contribution in [3.05, 3.63) is 0 Å². The lowest BCUT2D eigenvalue weighted by molar-refractivity contribution is -0.202. The maximum atomic E-state index is 10.2. The number of hydrogen-bond donors (Lipinski definition) is 1. The van der Waals surface area contributed by atoms with E-state index in [9.17, 15) is 9.46 Å². The van der Waals surface area contributed by atoms with E-state index in [1.807, 2.05) is 0 Å². The van der Waals surface area contributed by atoms with E-state index in [1.165, 1.54) is 0 Å². The highest BCUT2D eigenvalue weighted by atomic mass is 31.2. The van der Waals surface area contributed by atoms with E-state index in [-0.39, 0.29) is 6.61 Å². The van der Waals surface area contributed by atoms with Gasteiger partial charge in [-0.2, -0.15) is 0 Å². The molecule has 0 aliphatic carbocycles. The molecule has 1 N–H and O–H groups in total. The standard InChI is InChI=1S/C3H9O4P/c1-2-7-8(5,6)3-4/h4H,2-3H2,1H3,(H,5,6)/p-1. The van der Waals surface area contributed by atoms with E-state index in [2.05, 4.69) is 4.52 Å². The van der Waals surface area contributed by atoms with Gasteiger partial charge in [-0.05, 0) is 6.92 Å². The highest BCUT2D eigenvalue weighted by Crippen LogP contribution is 2.34. The van der Waals surface area contributed by atoms with Crippen molar-refractivity contribution in [2.24, 2.45) is 0 Å². The fraction of sp³-hybridized carbons (Fsp3) is 1.00. The Hall–Kier alpha value is 0.110. The van der Waals surface area contributed by atoms with Crippen LogP contribution in [0.3, 0.4) is 0 Å². The highest BCUT2D eigenvalue weighted by molar-refractivity contribution is 7.51. The number of hydrogen-bond acceptors (Lipinski definition) is 4. The average molecular weight is 139 g/mol. The highest BCUT2D eigenvalue weighted by Gasteiger charge is 2.01. The maximum absolute atomic E-state index is 10.2. The average Bonchev–Trinajstić information content (AvgIpc) is 1.67. The molecule has 0 spiro atoms. The fourth-order valence-corrected chi connectivity index (χ4v) is 0.713. The van der Waals surface area contributed by atoms with Crippen LogP contribution in [0.15, 0.2) is 0 Å². The molecule has 0 radical (unpaired) electrons. The Kier molecular flexibility index (Phi) is 3.24. The van der Waals surface area contributed by atoms with Crippen LogP contribution in [0.4, 0.5) is 0 Å². The zero-order valence-electron chi connectivity index (χ0n) is 4.53. The molecule has 0 rings (SSSR count). The summed E-state index contributed by atoms with van der Waals surface area (Å²) in [5.74, 6) is 0. The molecule has 0 aromatic rings. The molecule has 0 heterocycles. The summed E-state index contributed by atoms with van der Waals surface area (Å²) in [5.41, 5.74) is 0. The summed E-state index contributed by atoms with van der Waals surface area (Å²) in [6.07, 6.45) is -0.916.